The van der Waals surface area contributed by atoms with Gasteiger partial charge in [-0.25, -0.2) is 0 Å². The van der Waals surface area contributed by atoms with Crippen LogP contribution in [-0.4, -0.2) is 13.7 Å². The van der Waals surface area contributed by atoms with Crippen molar-refractivity contribution in [1.82, 2.24) is 0 Å². The number of hydrogen-bond donors (Lipinski definition) is 1. The molecule has 0 fully saturated rings. The molecule has 0 saturated carbocycles. The topological polar surface area (TPSA) is 44.5 Å². The molecular weight excluding hydrogens is 258 g/mol. The average Bonchev–Trinajstić information content (AvgIpc) is 2.25. The second kappa shape index (κ2) is 5.78. The molecule has 0 aliphatic carbocycles. The number of nitrogens with two attached hydrogens (primary N) is 1. The Morgan fingerprint density at radius 2 is 2.27 bits per heavy atom. The van der Waals surface area contributed by atoms with E-state index in [9.17, 15) is 0 Å². The second-order valence-corrected chi connectivity index (χ2v) is 4.08. The molecule has 1 aromatic rings. The first-order valence-corrected chi connectivity index (χ1v) is 5.30. The zero-order valence-corrected chi connectivity index (χ0v) is 10.2. The second-order valence-electron chi connectivity index (χ2n) is 2.96. The fourth-order valence-corrected chi connectivity index (χ4v) is 1.31. The summed E-state index contributed by atoms with van der Waals surface area (Å²) in [4.78, 5) is 0. The first-order valence-electron chi connectivity index (χ1n) is 4.51. The van der Waals surface area contributed by atoms with E-state index in [-0.39, 0.29) is 0 Å². The lowest BCUT2D eigenvalue weighted by atomic mass is 10.2. The minimum absolute atomic E-state index is 0.396. The van der Waals surface area contributed by atoms with E-state index >= 15 is 0 Å². The lowest BCUT2D eigenvalue weighted by Gasteiger charge is -2.13. The van der Waals surface area contributed by atoms with Gasteiger partial charge in [0.05, 0.1) is 7.11 Å². The first kappa shape index (κ1) is 12.1. The molecule has 0 aliphatic heterocycles. The molecule has 1 rings (SSSR count). The van der Waals surface area contributed by atoms with Gasteiger partial charge in [-0.3, -0.25) is 0 Å². The van der Waals surface area contributed by atoms with E-state index in [1.807, 2.05) is 18.2 Å². The Morgan fingerprint density at radius 1 is 1.53 bits per heavy atom. The highest BCUT2D eigenvalue weighted by Gasteiger charge is 2.09. The largest absolute Gasteiger partial charge is 0.493 e. The van der Waals surface area contributed by atoms with Crippen LogP contribution >= 0.6 is 15.9 Å². The standard InChI is InChI=1S/C11H14BrNO2/c1-8(12)7-15-11-9(6-13)4-3-5-10(11)14-2/h3-5H,1,6-7,13H2,2H3. The lowest BCUT2D eigenvalue weighted by molar-refractivity contribution is 0.321. The first-order chi connectivity index (χ1) is 7.19. The number of halogens is 1. The summed E-state index contributed by atoms with van der Waals surface area (Å²) in [6.45, 7) is 4.51. The average molecular weight is 272 g/mol. The zero-order chi connectivity index (χ0) is 11.3. The quantitative estimate of drug-likeness (QED) is 0.895. The van der Waals surface area contributed by atoms with Crippen molar-refractivity contribution in [3.05, 3.63) is 34.8 Å². The van der Waals surface area contributed by atoms with Crippen molar-refractivity contribution >= 4 is 15.9 Å². The molecule has 0 amide bonds. The molecule has 0 radical (unpaired) electrons. The molecule has 1 aromatic carbocycles. The Balaban J connectivity index is 2.94. The number of benzene rings is 1. The van der Waals surface area contributed by atoms with Crippen molar-refractivity contribution < 1.29 is 9.47 Å². The smallest absolute Gasteiger partial charge is 0.166 e. The van der Waals surface area contributed by atoms with Crippen LogP contribution in [0, 0.1) is 0 Å². The zero-order valence-electron chi connectivity index (χ0n) is 8.63. The normalized spacial score (nSPS) is 9.80. The Kier molecular flexibility index (Phi) is 4.65. The summed E-state index contributed by atoms with van der Waals surface area (Å²) in [5.41, 5.74) is 6.53. The third-order valence-corrected chi connectivity index (χ3v) is 2.10. The van der Waals surface area contributed by atoms with E-state index in [0.29, 0.717) is 24.7 Å². The van der Waals surface area contributed by atoms with Crippen LogP contribution in [0.1, 0.15) is 5.56 Å². The molecule has 0 aliphatic rings. The summed E-state index contributed by atoms with van der Waals surface area (Å²) in [7, 11) is 1.60. The maximum absolute atomic E-state index is 5.61. The van der Waals surface area contributed by atoms with Crippen LogP contribution < -0.4 is 15.2 Å². The summed E-state index contributed by atoms with van der Waals surface area (Å²) < 4.78 is 11.5. The molecule has 0 atom stereocenters. The number of rotatable bonds is 5. The molecule has 0 heterocycles. The van der Waals surface area contributed by atoms with Crippen molar-refractivity contribution in [1.29, 1.82) is 0 Å². The lowest BCUT2D eigenvalue weighted by Crippen LogP contribution is -2.05. The van der Waals surface area contributed by atoms with E-state index in [2.05, 4.69) is 22.5 Å². The molecule has 3 nitrogen and oxygen atoms in total. The minimum Gasteiger partial charge on any atom is -0.493 e. The summed E-state index contributed by atoms with van der Waals surface area (Å²) in [6, 6.07) is 5.64. The number of para-hydroxylation sites is 1. The van der Waals surface area contributed by atoms with Gasteiger partial charge in [-0.1, -0.05) is 34.6 Å². The number of hydrogen-bond acceptors (Lipinski definition) is 3. The van der Waals surface area contributed by atoms with E-state index in [1.54, 1.807) is 7.11 Å². The SMILES string of the molecule is C=C(Br)COc1c(CN)cccc1OC. The number of methoxy groups -OCH3 is 1. The van der Waals surface area contributed by atoms with Gasteiger partial charge in [0.15, 0.2) is 11.5 Å². The van der Waals surface area contributed by atoms with Crippen LogP contribution in [0.2, 0.25) is 0 Å². The Morgan fingerprint density at radius 3 is 2.80 bits per heavy atom. The van der Waals surface area contributed by atoms with Crippen LogP contribution in [0.3, 0.4) is 0 Å². The van der Waals surface area contributed by atoms with E-state index in [4.69, 9.17) is 15.2 Å². The molecule has 2 N–H and O–H groups in total. The molecule has 0 unspecified atom stereocenters. The maximum atomic E-state index is 5.61. The summed E-state index contributed by atoms with van der Waals surface area (Å²) in [6.07, 6.45) is 0. The molecule has 0 spiro atoms. The molecule has 0 bridgehead atoms. The fraction of sp³-hybridized carbons (Fsp3) is 0.273. The number of ether oxygens (including phenoxy) is 2. The predicted molar refractivity (Wildman–Crippen MR) is 64.4 cm³/mol. The van der Waals surface area contributed by atoms with Crippen molar-refractivity contribution in [2.45, 2.75) is 6.54 Å². The highest BCUT2D eigenvalue weighted by Crippen LogP contribution is 2.31. The van der Waals surface area contributed by atoms with E-state index in [0.717, 1.165) is 10.0 Å². The summed E-state index contributed by atoms with van der Waals surface area (Å²) >= 11 is 3.23. The third-order valence-electron chi connectivity index (χ3n) is 1.87. The molecule has 0 saturated heterocycles. The molecule has 15 heavy (non-hydrogen) atoms. The van der Waals surface area contributed by atoms with Gasteiger partial charge in [0.1, 0.15) is 6.61 Å². The Bertz CT molecular complexity index is 330. The van der Waals surface area contributed by atoms with Crippen molar-refractivity contribution in [2.24, 2.45) is 5.73 Å². The van der Waals surface area contributed by atoms with Gasteiger partial charge in [-0.15, -0.1) is 0 Å². The van der Waals surface area contributed by atoms with Crippen LogP contribution in [0.5, 0.6) is 11.5 Å². The minimum atomic E-state index is 0.396. The van der Waals surface area contributed by atoms with Crippen molar-refractivity contribution in [3.8, 4) is 11.5 Å². The van der Waals surface area contributed by atoms with E-state index < -0.39 is 0 Å². The molecular formula is C11H14BrNO2. The highest BCUT2D eigenvalue weighted by atomic mass is 79.9. The van der Waals surface area contributed by atoms with Crippen LogP contribution in [-0.2, 0) is 6.54 Å². The van der Waals surface area contributed by atoms with Crippen LogP contribution in [0.15, 0.2) is 29.3 Å². The predicted octanol–water partition coefficient (Wildman–Crippen LogP) is 2.44. The summed E-state index contributed by atoms with van der Waals surface area (Å²) in [5, 5.41) is 0. The van der Waals surface area contributed by atoms with Gasteiger partial charge in [-0.05, 0) is 6.07 Å². The molecule has 4 heteroatoms. The van der Waals surface area contributed by atoms with Crippen molar-refractivity contribution in [3.63, 3.8) is 0 Å². The van der Waals surface area contributed by atoms with Gasteiger partial charge >= 0.3 is 0 Å². The van der Waals surface area contributed by atoms with Gasteiger partial charge in [0.25, 0.3) is 0 Å². The Labute approximate surface area is 98.0 Å². The van der Waals surface area contributed by atoms with Crippen LogP contribution in [0.25, 0.3) is 0 Å². The van der Waals surface area contributed by atoms with E-state index in [1.165, 1.54) is 0 Å². The van der Waals surface area contributed by atoms with Gasteiger partial charge < -0.3 is 15.2 Å². The fourth-order valence-electron chi connectivity index (χ4n) is 1.20. The molecule has 0 aromatic heterocycles. The van der Waals surface area contributed by atoms with Crippen LogP contribution in [0.4, 0.5) is 0 Å². The Hall–Kier alpha value is -1.00. The summed E-state index contributed by atoms with van der Waals surface area (Å²) in [5.74, 6) is 1.37. The van der Waals surface area contributed by atoms with Gasteiger partial charge in [-0.2, -0.15) is 0 Å². The molecule has 82 valence electrons. The van der Waals surface area contributed by atoms with Crippen molar-refractivity contribution in [2.75, 3.05) is 13.7 Å². The highest BCUT2D eigenvalue weighted by molar-refractivity contribution is 9.11. The third kappa shape index (κ3) is 3.25. The maximum Gasteiger partial charge on any atom is 0.166 e. The van der Waals surface area contributed by atoms with Gasteiger partial charge in [0, 0.05) is 16.6 Å². The monoisotopic (exact) mass is 271 g/mol. The van der Waals surface area contributed by atoms with Gasteiger partial charge in [0.2, 0.25) is 0 Å².